The Hall–Kier alpha value is -2.38. The molecule has 0 unspecified atom stereocenters. The summed E-state index contributed by atoms with van der Waals surface area (Å²) >= 11 is 0. The van der Waals surface area contributed by atoms with Gasteiger partial charge in [-0.05, 0) is 38.0 Å². The number of benzene rings is 1. The second-order valence-electron chi connectivity index (χ2n) is 5.20. The van der Waals surface area contributed by atoms with Gasteiger partial charge in [-0.15, -0.1) is 0 Å². The minimum Gasteiger partial charge on any atom is -0.374 e. The van der Waals surface area contributed by atoms with E-state index >= 15 is 0 Å². The summed E-state index contributed by atoms with van der Waals surface area (Å²) in [5.74, 6) is 0. The third-order valence-corrected chi connectivity index (χ3v) is 3.16. The molecule has 2 rings (SSSR count). The van der Waals surface area contributed by atoms with Crippen LogP contribution in [0.3, 0.4) is 0 Å². The molecule has 21 heavy (non-hydrogen) atoms. The van der Waals surface area contributed by atoms with Gasteiger partial charge < -0.3 is 9.72 Å². The molecule has 4 nitrogen and oxygen atoms in total. The number of aromatic amines is 1. The molecule has 1 aromatic carbocycles. The van der Waals surface area contributed by atoms with Crippen molar-refractivity contribution in [2.24, 2.45) is 0 Å². The van der Waals surface area contributed by atoms with Gasteiger partial charge in [-0.3, -0.25) is 4.79 Å². The lowest BCUT2D eigenvalue weighted by atomic mass is 9.96. The summed E-state index contributed by atoms with van der Waals surface area (Å²) in [5.41, 5.74) is 3.00. The molecule has 0 spiro atoms. The zero-order chi connectivity index (χ0) is 15.4. The summed E-state index contributed by atoms with van der Waals surface area (Å²) in [4.78, 5) is 14.6. The molecule has 2 aromatic rings. The second kappa shape index (κ2) is 6.38. The van der Waals surface area contributed by atoms with Crippen molar-refractivity contribution in [1.29, 1.82) is 5.26 Å². The Bertz CT molecular complexity index is 739. The van der Waals surface area contributed by atoms with Crippen LogP contribution in [0.2, 0.25) is 0 Å². The fourth-order valence-electron chi connectivity index (χ4n) is 2.18. The summed E-state index contributed by atoms with van der Waals surface area (Å²) in [6, 6.07) is 11.5. The highest BCUT2D eigenvalue weighted by Crippen LogP contribution is 2.26. The van der Waals surface area contributed by atoms with Gasteiger partial charge in [0, 0.05) is 11.3 Å². The molecule has 0 amide bonds. The van der Waals surface area contributed by atoms with E-state index in [0.717, 1.165) is 16.8 Å². The van der Waals surface area contributed by atoms with Gasteiger partial charge in [-0.2, -0.15) is 5.26 Å². The molecule has 0 atom stereocenters. The van der Waals surface area contributed by atoms with Crippen LogP contribution in [0.15, 0.2) is 35.1 Å². The molecule has 108 valence electrons. The first-order valence-corrected chi connectivity index (χ1v) is 6.87. The predicted molar refractivity (Wildman–Crippen MR) is 81.9 cm³/mol. The SMILES string of the molecule is Cc1cc(-c2ccccc2COC(C)C)c(C#N)c(=O)[nH]1. The van der Waals surface area contributed by atoms with E-state index in [9.17, 15) is 10.1 Å². The van der Waals surface area contributed by atoms with E-state index in [0.29, 0.717) is 12.2 Å². The molecule has 0 aliphatic heterocycles. The zero-order valence-electron chi connectivity index (χ0n) is 12.4. The quantitative estimate of drug-likeness (QED) is 0.936. The fourth-order valence-corrected chi connectivity index (χ4v) is 2.18. The number of nitrogens with one attached hydrogen (secondary N) is 1. The Labute approximate surface area is 124 Å². The highest BCUT2D eigenvalue weighted by atomic mass is 16.5. The second-order valence-corrected chi connectivity index (χ2v) is 5.20. The fraction of sp³-hybridized carbons (Fsp3) is 0.294. The van der Waals surface area contributed by atoms with Crippen molar-refractivity contribution in [2.45, 2.75) is 33.5 Å². The number of nitriles is 1. The van der Waals surface area contributed by atoms with Crippen LogP contribution in [0, 0.1) is 18.3 Å². The topological polar surface area (TPSA) is 65.9 Å². The molecule has 0 aliphatic carbocycles. The average molecular weight is 282 g/mol. The first-order chi connectivity index (χ1) is 10.0. The molecule has 0 saturated heterocycles. The van der Waals surface area contributed by atoms with Gasteiger partial charge in [0.25, 0.3) is 5.56 Å². The van der Waals surface area contributed by atoms with Gasteiger partial charge in [0.2, 0.25) is 0 Å². The van der Waals surface area contributed by atoms with E-state index in [1.807, 2.05) is 50.2 Å². The lowest BCUT2D eigenvalue weighted by molar-refractivity contribution is 0.0660. The van der Waals surface area contributed by atoms with Gasteiger partial charge in [-0.1, -0.05) is 24.3 Å². The highest BCUT2D eigenvalue weighted by molar-refractivity contribution is 5.73. The van der Waals surface area contributed by atoms with Crippen molar-refractivity contribution in [3.05, 3.63) is 57.5 Å². The van der Waals surface area contributed by atoms with E-state index in [2.05, 4.69) is 4.98 Å². The molecule has 1 N–H and O–H groups in total. The highest BCUT2D eigenvalue weighted by Gasteiger charge is 2.13. The molecule has 4 heteroatoms. The molecule has 0 radical (unpaired) electrons. The van der Waals surface area contributed by atoms with E-state index in [-0.39, 0.29) is 17.2 Å². The van der Waals surface area contributed by atoms with Crippen molar-refractivity contribution in [1.82, 2.24) is 4.98 Å². The number of hydrogen-bond acceptors (Lipinski definition) is 3. The van der Waals surface area contributed by atoms with Crippen LogP contribution < -0.4 is 5.56 Å². The van der Waals surface area contributed by atoms with E-state index in [4.69, 9.17) is 4.74 Å². The number of rotatable bonds is 4. The Morgan fingerprint density at radius 1 is 1.29 bits per heavy atom. The summed E-state index contributed by atoms with van der Waals surface area (Å²) in [5, 5.41) is 9.26. The largest absolute Gasteiger partial charge is 0.374 e. The van der Waals surface area contributed by atoms with Crippen LogP contribution in [0.25, 0.3) is 11.1 Å². The number of hydrogen-bond donors (Lipinski definition) is 1. The number of ether oxygens (including phenoxy) is 1. The number of H-pyrrole nitrogens is 1. The van der Waals surface area contributed by atoms with Gasteiger partial charge in [-0.25, -0.2) is 0 Å². The molecule has 0 fully saturated rings. The Balaban J connectivity index is 2.58. The number of aromatic nitrogens is 1. The van der Waals surface area contributed by atoms with Crippen molar-refractivity contribution < 1.29 is 4.74 Å². The van der Waals surface area contributed by atoms with E-state index in [1.54, 1.807) is 6.92 Å². The molecule has 0 bridgehead atoms. The van der Waals surface area contributed by atoms with Crippen molar-refractivity contribution in [3.63, 3.8) is 0 Å². The molecular formula is C17H18N2O2. The van der Waals surface area contributed by atoms with Gasteiger partial charge in [0.1, 0.15) is 11.6 Å². The average Bonchev–Trinajstić information content (AvgIpc) is 2.44. The van der Waals surface area contributed by atoms with Crippen molar-refractivity contribution >= 4 is 0 Å². The molecule has 1 heterocycles. The van der Waals surface area contributed by atoms with Crippen LogP contribution >= 0.6 is 0 Å². The maximum absolute atomic E-state index is 11.9. The minimum absolute atomic E-state index is 0.120. The summed E-state index contributed by atoms with van der Waals surface area (Å²) in [6.45, 7) is 6.20. The van der Waals surface area contributed by atoms with Gasteiger partial charge in [0.15, 0.2) is 0 Å². The monoisotopic (exact) mass is 282 g/mol. The summed E-state index contributed by atoms with van der Waals surface area (Å²) < 4.78 is 5.66. The van der Waals surface area contributed by atoms with Crippen LogP contribution in [0.4, 0.5) is 0 Å². The first-order valence-electron chi connectivity index (χ1n) is 6.87. The number of pyridine rings is 1. The molecule has 1 aromatic heterocycles. The smallest absolute Gasteiger partial charge is 0.266 e. The zero-order valence-corrected chi connectivity index (χ0v) is 12.4. The van der Waals surface area contributed by atoms with Crippen LogP contribution in [-0.4, -0.2) is 11.1 Å². The van der Waals surface area contributed by atoms with Crippen LogP contribution in [-0.2, 0) is 11.3 Å². The predicted octanol–water partition coefficient (Wildman–Crippen LogP) is 3.15. The van der Waals surface area contributed by atoms with E-state index in [1.165, 1.54) is 0 Å². The first kappa shape index (κ1) is 15.0. The van der Waals surface area contributed by atoms with Gasteiger partial charge >= 0.3 is 0 Å². The Morgan fingerprint density at radius 3 is 2.67 bits per heavy atom. The molecular weight excluding hydrogens is 264 g/mol. The molecule has 0 aliphatic rings. The molecule has 0 saturated carbocycles. The lowest BCUT2D eigenvalue weighted by Crippen LogP contribution is -2.13. The standard InChI is InChI=1S/C17H18N2O2/c1-11(2)21-10-13-6-4-5-7-14(13)15-8-12(3)19-17(20)16(15)9-18/h4-8,11H,10H2,1-3H3,(H,19,20). The maximum atomic E-state index is 11.9. The van der Waals surface area contributed by atoms with E-state index < -0.39 is 0 Å². The number of nitrogens with zero attached hydrogens (tertiary/aromatic N) is 1. The third-order valence-electron chi connectivity index (χ3n) is 3.16. The third kappa shape index (κ3) is 3.39. The van der Waals surface area contributed by atoms with Crippen molar-refractivity contribution in [3.8, 4) is 17.2 Å². The van der Waals surface area contributed by atoms with Crippen LogP contribution in [0.5, 0.6) is 0 Å². The summed E-state index contributed by atoms with van der Waals surface area (Å²) in [7, 11) is 0. The Kier molecular flexibility index (Phi) is 4.56. The van der Waals surface area contributed by atoms with Crippen molar-refractivity contribution in [2.75, 3.05) is 0 Å². The lowest BCUT2D eigenvalue weighted by Gasteiger charge is -2.13. The van der Waals surface area contributed by atoms with Gasteiger partial charge in [0.05, 0.1) is 12.7 Å². The Morgan fingerprint density at radius 2 is 2.00 bits per heavy atom. The van der Waals surface area contributed by atoms with Crippen LogP contribution in [0.1, 0.15) is 30.7 Å². The number of aryl methyl sites for hydroxylation is 1. The maximum Gasteiger partial charge on any atom is 0.266 e. The minimum atomic E-state index is -0.355. The normalized spacial score (nSPS) is 10.6. The summed E-state index contributed by atoms with van der Waals surface area (Å²) in [6.07, 6.45) is 0.120.